The highest BCUT2D eigenvalue weighted by Crippen LogP contribution is 2.30. The van der Waals surface area contributed by atoms with Crippen LogP contribution in [0.4, 0.5) is 0 Å². The van der Waals surface area contributed by atoms with E-state index < -0.39 is 0 Å². The maximum atomic E-state index is 12.6. The van der Waals surface area contributed by atoms with E-state index in [-0.39, 0.29) is 5.91 Å². The molecule has 0 aromatic carbocycles. The number of nitrogens with zero attached hydrogens (tertiary/aromatic N) is 1. The van der Waals surface area contributed by atoms with Crippen molar-refractivity contribution in [2.45, 2.75) is 38.6 Å². The minimum absolute atomic E-state index is 0.0584. The number of furan rings is 1. The van der Waals surface area contributed by atoms with Crippen molar-refractivity contribution in [1.29, 1.82) is 0 Å². The number of hydrogen-bond acceptors (Lipinski definition) is 3. The number of nitrogens with one attached hydrogen (secondary N) is 1. The van der Waals surface area contributed by atoms with Gasteiger partial charge in [-0.3, -0.25) is 4.79 Å². The molecule has 3 rings (SSSR count). The van der Waals surface area contributed by atoms with Crippen molar-refractivity contribution in [3.8, 4) is 0 Å². The predicted octanol–water partition coefficient (Wildman–Crippen LogP) is 2.19. The summed E-state index contributed by atoms with van der Waals surface area (Å²) in [6.45, 7) is 4.71. The van der Waals surface area contributed by atoms with E-state index in [1.54, 1.807) is 6.26 Å². The van der Waals surface area contributed by atoms with Crippen molar-refractivity contribution in [3.05, 3.63) is 23.7 Å². The largest absolute Gasteiger partial charge is 0.459 e. The van der Waals surface area contributed by atoms with Crippen LogP contribution in [0.25, 0.3) is 0 Å². The summed E-state index contributed by atoms with van der Waals surface area (Å²) in [5, 5.41) is 3.47. The van der Waals surface area contributed by atoms with Gasteiger partial charge < -0.3 is 14.6 Å². The van der Waals surface area contributed by atoms with Crippen LogP contribution in [0.5, 0.6) is 0 Å². The Kier molecular flexibility index (Phi) is 3.60. The molecule has 0 spiro atoms. The first-order valence-electron chi connectivity index (χ1n) is 7.31. The molecule has 1 saturated carbocycles. The fourth-order valence-electron chi connectivity index (χ4n) is 2.77. The molecule has 0 radical (unpaired) electrons. The van der Waals surface area contributed by atoms with Gasteiger partial charge in [0, 0.05) is 24.7 Å². The summed E-state index contributed by atoms with van der Waals surface area (Å²) in [6.07, 6.45) is 6.52. The molecule has 104 valence electrons. The third-order valence-electron chi connectivity index (χ3n) is 4.12. The molecule has 2 heterocycles. The van der Waals surface area contributed by atoms with Gasteiger partial charge >= 0.3 is 0 Å². The highest BCUT2D eigenvalue weighted by atomic mass is 16.3. The van der Waals surface area contributed by atoms with E-state index in [2.05, 4.69) is 5.32 Å². The molecule has 1 amide bonds. The maximum absolute atomic E-state index is 12.6. The summed E-state index contributed by atoms with van der Waals surface area (Å²) in [7, 11) is 0. The van der Waals surface area contributed by atoms with Gasteiger partial charge in [-0.25, -0.2) is 0 Å². The Labute approximate surface area is 114 Å². The van der Waals surface area contributed by atoms with Crippen molar-refractivity contribution in [3.63, 3.8) is 0 Å². The Morgan fingerprint density at radius 1 is 1.42 bits per heavy atom. The number of rotatable bonds is 5. The maximum Gasteiger partial charge on any atom is 0.289 e. The topological polar surface area (TPSA) is 45.5 Å². The van der Waals surface area contributed by atoms with Gasteiger partial charge in [0.2, 0.25) is 0 Å². The van der Waals surface area contributed by atoms with Crippen LogP contribution in [0.1, 0.15) is 41.8 Å². The highest BCUT2D eigenvalue weighted by molar-refractivity contribution is 5.92. The Balaban J connectivity index is 1.69. The van der Waals surface area contributed by atoms with Crippen molar-refractivity contribution >= 4 is 5.91 Å². The summed E-state index contributed by atoms with van der Waals surface area (Å²) in [5.41, 5.74) is 0.935. The van der Waals surface area contributed by atoms with E-state index in [1.807, 2.05) is 17.9 Å². The Bertz CT molecular complexity index is 445. The second-order valence-corrected chi connectivity index (χ2v) is 5.88. The van der Waals surface area contributed by atoms with E-state index in [4.69, 9.17) is 4.42 Å². The molecule has 0 bridgehead atoms. The smallest absolute Gasteiger partial charge is 0.289 e. The standard InChI is InChI=1S/C15H22N2O2/c1-11-6-8-19-14(11)15(18)17(9-12-4-5-12)10-13-3-2-7-16-13/h6,8,12-13,16H,2-5,7,9-10H2,1H3. The van der Waals surface area contributed by atoms with Crippen LogP contribution >= 0.6 is 0 Å². The van der Waals surface area contributed by atoms with Crippen molar-refractivity contribution in [2.75, 3.05) is 19.6 Å². The van der Waals surface area contributed by atoms with Crippen LogP contribution in [0.15, 0.2) is 16.7 Å². The van der Waals surface area contributed by atoms with E-state index >= 15 is 0 Å². The van der Waals surface area contributed by atoms with Gasteiger partial charge in [0.15, 0.2) is 5.76 Å². The summed E-state index contributed by atoms with van der Waals surface area (Å²) in [5.74, 6) is 1.28. The summed E-state index contributed by atoms with van der Waals surface area (Å²) in [6, 6.07) is 2.31. The average Bonchev–Trinajstić information content (AvgIpc) is 2.88. The molecule has 4 nitrogen and oxygen atoms in total. The molecule has 4 heteroatoms. The molecule has 1 unspecified atom stereocenters. The molecule has 1 aliphatic heterocycles. The monoisotopic (exact) mass is 262 g/mol. The van der Waals surface area contributed by atoms with E-state index in [1.165, 1.54) is 25.7 Å². The zero-order chi connectivity index (χ0) is 13.2. The van der Waals surface area contributed by atoms with Crippen LogP contribution in [-0.2, 0) is 0 Å². The Hall–Kier alpha value is -1.29. The lowest BCUT2D eigenvalue weighted by Crippen LogP contribution is -2.42. The van der Waals surface area contributed by atoms with Crippen LogP contribution < -0.4 is 5.32 Å². The first kappa shape index (κ1) is 12.7. The zero-order valence-corrected chi connectivity index (χ0v) is 11.5. The van der Waals surface area contributed by atoms with Gasteiger partial charge in [0.25, 0.3) is 5.91 Å². The van der Waals surface area contributed by atoms with Crippen LogP contribution in [-0.4, -0.2) is 36.5 Å². The summed E-state index contributed by atoms with van der Waals surface area (Å²) >= 11 is 0. The van der Waals surface area contributed by atoms with Gasteiger partial charge in [0.1, 0.15) is 0 Å². The van der Waals surface area contributed by atoms with E-state index in [0.717, 1.165) is 25.2 Å². The molecule has 1 saturated heterocycles. The first-order valence-corrected chi connectivity index (χ1v) is 7.31. The molecule has 1 aliphatic carbocycles. The lowest BCUT2D eigenvalue weighted by molar-refractivity contribution is 0.0700. The molecular weight excluding hydrogens is 240 g/mol. The lowest BCUT2D eigenvalue weighted by Gasteiger charge is -2.25. The zero-order valence-electron chi connectivity index (χ0n) is 11.5. The molecule has 19 heavy (non-hydrogen) atoms. The number of amides is 1. The minimum atomic E-state index is 0.0584. The Morgan fingerprint density at radius 3 is 2.84 bits per heavy atom. The van der Waals surface area contributed by atoms with E-state index in [0.29, 0.717) is 17.7 Å². The number of aryl methyl sites for hydroxylation is 1. The second-order valence-electron chi connectivity index (χ2n) is 5.88. The number of carbonyl (C=O) groups is 1. The molecule has 1 N–H and O–H groups in total. The number of carbonyl (C=O) groups excluding carboxylic acids is 1. The average molecular weight is 262 g/mol. The molecule has 2 aliphatic rings. The third kappa shape index (κ3) is 3.00. The quantitative estimate of drug-likeness (QED) is 0.884. The predicted molar refractivity (Wildman–Crippen MR) is 73.1 cm³/mol. The van der Waals surface area contributed by atoms with Gasteiger partial charge in [-0.1, -0.05) is 0 Å². The van der Waals surface area contributed by atoms with Crippen molar-refractivity contribution in [1.82, 2.24) is 10.2 Å². The normalized spacial score (nSPS) is 22.7. The SMILES string of the molecule is Cc1ccoc1C(=O)N(CC1CC1)CC1CCCN1. The summed E-state index contributed by atoms with van der Waals surface area (Å²) in [4.78, 5) is 14.6. The first-order chi connectivity index (χ1) is 9.24. The van der Waals surface area contributed by atoms with Crippen molar-refractivity contribution in [2.24, 2.45) is 5.92 Å². The second kappa shape index (κ2) is 5.37. The van der Waals surface area contributed by atoms with Crippen LogP contribution in [0.3, 0.4) is 0 Å². The van der Waals surface area contributed by atoms with Crippen molar-refractivity contribution < 1.29 is 9.21 Å². The van der Waals surface area contributed by atoms with Gasteiger partial charge in [0.05, 0.1) is 6.26 Å². The van der Waals surface area contributed by atoms with Gasteiger partial charge in [-0.2, -0.15) is 0 Å². The van der Waals surface area contributed by atoms with Crippen LogP contribution in [0.2, 0.25) is 0 Å². The summed E-state index contributed by atoms with van der Waals surface area (Å²) < 4.78 is 5.36. The Morgan fingerprint density at radius 2 is 2.26 bits per heavy atom. The molecular formula is C15H22N2O2. The molecule has 2 fully saturated rings. The van der Waals surface area contributed by atoms with Crippen LogP contribution in [0, 0.1) is 12.8 Å². The highest BCUT2D eigenvalue weighted by Gasteiger charge is 2.31. The minimum Gasteiger partial charge on any atom is -0.459 e. The molecule has 1 aromatic rings. The van der Waals surface area contributed by atoms with Gasteiger partial charge in [-0.15, -0.1) is 0 Å². The van der Waals surface area contributed by atoms with E-state index in [9.17, 15) is 4.79 Å². The molecule has 1 atom stereocenters. The number of hydrogen-bond donors (Lipinski definition) is 1. The van der Waals surface area contributed by atoms with Gasteiger partial charge in [-0.05, 0) is 51.1 Å². The lowest BCUT2D eigenvalue weighted by atomic mass is 10.2. The third-order valence-corrected chi connectivity index (χ3v) is 4.12. The fourth-order valence-corrected chi connectivity index (χ4v) is 2.77. The molecule has 1 aromatic heterocycles. The fraction of sp³-hybridized carbons (Fsp3) is 0.667.